The molecule has 0 aromatic heterocycles. The van der Waals surface area contributed by atoms with E-state index in [2.05, 4.69) is 4.74 Å². The highest BCUT2D eigenvalue weighted by Gasteiger charge is 2.42. The molecule has 0 bridgehead atoms. The molecule has 36 heavy (non-hydrogen) atoms. The van der Waals surface area contributed by atoms with Gasteiger partial charge < -0.3 is 24.1 Å². The molecule has 11 nitrogen and oxygen atoms in total. The molecule has 2 amide bonds. The van der Waals surface area contributed by atoms with Crippen molar-refractivity contribution >= 4 is 24.1 Å². The van der Waals surface area contributed by atoms with Crippen LogP contribution in [0.25, 0.3) is 0 Å². The molecule has 2 aliphatic rings. The molecule has 2 heterocycles. The largest absolute Gasteiger partial charge is 0.467 e. The maximum absolute atomic E-state index is 11.9. The number of carbonyl (C=O) groups is 4. The number of amides is 2. The maximum Gasteiger partial charge on any atom is 0.411 e. The Morgan fingerprint density at radius 3 is 1.56 bits per heavy atom. The van der Waals surface area contributed by atoms with Gasteiger partial charge in [0, 0.05) is 13.0 Å². The minimum atomic E-state index is -1.00. The number of aliphatic hydroxyl groups excluding tert-OH is 1. The van der Waals surface area contributed by atoms with Crippen LogP contribution in [0.15, 0.2) is 0 Å². The van der Waals surface area contributed by atoms with E-state index in [1.165, 1.54) is 24.0 Å². The summed E-state index contributed by atoms with van der Waals surface area (Å²) in [4.78, 5) is 49.5. The standard InChI is InChI=1S/C12H21NO4.C11H19NO5.CH3F/c1-8-6-9(10(14)16-5)13(7-8)11(15)17-12(2,3)4;1-11(2,3)17-10(15)12-6-7(13)5-8(12)9(14)16-4;1-2/h8-9H,6-7H2,1-5H3;7-8,13H,5-6H2,1-4H3;1H3/t8-,9+;7-,8+;/m00./s1/i;;1D. The number of methoxy groups -OCH3 is 2. The summed E-state index contributed by atoms with van der Waals surface area (Å²) in [5, 5.41) is 9.50. The fourth-order valence-electron chi connectivity index (χ4n) is 3.62. The smallest absolute Gasteiger partial charge is 0.411 e. The Balaban J connectivity index is 0.000000633. The third kappa shape index (κ3) is 11.0. The van der Waals surface area contributed by atoms with Gasteiger partial charge in [0.05, 0.1) is 35.4 Å². The van der Waals surface area contributed by atoms with Gasteiger partial charge in [0.25, 0.3) is 0 Å². The number of hydrogen-bond acceptors (Lipinski definition) is 9. The lowest BCUT2D eigenvalue weighted by Gasteiger charge is -2.27. The van der Waals surface area contributed by atoms with E-state index in [0.29, 0.717) is 13.0 Å². The van der Waals surface area contributed by atoms with E-state index in [0.717, 1.165) is 0 Å². The van der Waals surface area contributed by atoms with Crippen LogP contribution < -0.4 is 0 Å². The van der Waals surface area contributed by atoms with Crippen molar-refractivity contribution in [2.24, 2.45) is 5.92 Å². The van der Waals surface area contributed by atoms with Gasteiger partial charge in [-0.3, -0.25) is 14.2 Å². The molecule has 0 unspecified atom stereocenters. The first-order chi connectivity index (χ1) is 16.9. The summed E-state index contributed by atoms with van der Waals surface area (Å²) < 4.78 is 35.2. The molecule has 210 valence electrons. The highest BCUT2D eigenvalue weighted by Crippen LogP contribution is 2.26. The number of esters is 2. The summed E-state index contributed by atoms with van der Waals surface area (Å²) in [6.07, 6.45) is -0.953. The van der Waals surface area contributed by atoms with E-state index in [-0.39, 0.29) is 24.9 Å². The molecular weight excluding hydrogens is 479 g/mol. The predicted molar refractivity (Wildman–Crippen MR) is 129 cm³/mol. The summed E-state index contributed by atoms with van der Waals surface area (Å²) in [5.41, 5.74) is -1.19. The zero-order valence-corrected chi connectivity index (χ0v) is 22.8. The highest BCUT2D eigenvalue weighted by molar-refractivity contribution is 5.83. The molecular formula is C24H43FN2O9. The Labute approximate surface area is 214 Å². The van der Waals surface area contributed by atoms with Gasteiger partial charge in [-0.2, -0.15) is 0 Å². The normalized spacial score (nSPS) is 23.8. The topological polar surface area (TPSA) is 132 Å². The Morgan fingerprint density at radius 1 is 0.833 bits per heavy atom. The molecule has 2 fully saturated rings. The number of aliphatic hydroxyl groups is 1. The lowest BCUT2D eigenvalue weighted by atomic mass is 10.1. The SMILES string of the molecule is COC(=O)[C@H]1C[C@H](C)CN1C(=O)OC(C)(C)C.COC(=O)[C@H]1C[C@H](O)CN1C(=O)OC(C)(C)C.[2H]CF. The minimum Gasteiger partial charge on any atom is -0.467 e. The van der Waals surface area contributed by atoms with Crippen LogP contribution in [-0.2, 0) is 28.5 Å². The monoisotopic (exact) mass is 523 g/mol. The minimum absolute atomic E-state index is 0.0919. The van der Waals surface area contributed by atoms with Gasteiger partial charge >= 0.3 is 24.1 Å². The first kappa shape index (κ1) is 31.4. The second kappa shape index (κ2) is 14.2. The molecule has 2 rings (SSSR count). The number of halogens is 1. The first-order valence-corrected chi connectivity index (χ1v) is 11.6. The van der Waals surface area contributed by atoms with Crippen LogP contribution in [-0.4, -0.2) is 103 Å². The fraction of sp³-hybridized carbons (Fsp3) is 0.833. The third-order valence-corrected chi connectivity index (χ3v) is 4.99. The van der Waals surface area contributed by atoms with Crippen LogP contribution in [0.5, 0.6) is 0 Å². The molecule has 0 saturated carbocycles. The van der Waals surface area contributed by atoms with Gasteiger partial charge in [-0.05, 0) is 53.9 Å². The summed E-state index contributed by atoms with van der Waals surface area (Å²) >= 11 is 0. The van der Waals surface area contributed by atoms with E-state index in [1.807, 2.05) is 6.92 Å². The first-order valence-electron chi connectivity index (χ1n) is 12.3. The predicted octanol–water partition coefficient (Wildman–Crippen LogP) is 2.92. The molecule has 0 aromatic carbocycles. The van der Waals surface area contributed by atoms with Gasteiger partial charge in [0.15, 0.2) is 0 Å². The van der Waals surface area contributed by atoms with E-state index in [9.17, 15) is 28.7 Å². The van der Waals surface area contributed by atoms with Crippen molar-refractivity contribution in [3.05, 3.63) is 0 Å². The van der Waals surface area contributed by atoms with Crippen LogP contribution in [0.3, 0.4) is 0 Å². The number of hydrogen-bond donors (Lipinski definition) is 1. The number of carbonyl (C=O) groups excluding carboxylic acids is 4. The Kier molecular flexibility index (Phi) is 12.4. The second-order valence-corrected chi connectivity index (χ2v) is 10.6. The molecule has 0 radical (unpaired) electrons. The van der Waals surface area contributed by atoms with Crippen molar-refractivity contribution < 1.29 is 49.0 Å². The van der Waals surface area contributed by atoms with E-state index in [1.54, 1.807) is 41.5 Å². The van der Waals surface area contributed by atoms with Crippen molar-refractivity contribution in [2.45, 2.75) is 90.7 Å². The number of ether oxygens (including phenoxy) is 4. The summed E-state index contributed by atoms with van der Waals surface area (Å²) in [5.74, 6) is -0.626. The lowest BCUT2D eigenvalue weighted by Crippen LogP contribution is -2.43. The maximum atomic E-state index is 11.9. The number of likely N-dealkylation sites (tertiary alicyclic amines) is 2. The van der Waals surface area contributed by atoms with Gasteiger partial charge in [0.2, 0.25) is 0 Å². The molecule has 0 aromatic rings. The fourth-order valence-corrected chi connectivity index (χ4v) is 3.62. The van der Waals surface area contributed by atoms with Crippen LogP contribution in [0.1, 0.15) is 62.7 Å². The van der Waals surface area contributed by atoms with E-state index >= 15 is 0 Å². The molecule has 0 spiro atoms. The number of nitrogens with zero attached hydrogens (tertiary/aromatic N) is 2. The highest BCUT2D eigenvalue weighted by atomic mass is 19.1. The number of rotatable bonds is 2. The third-order valence-electron chi connectivity index (χ3n) is 4.99. The molecule has 2 aliphatic heterocycles. The summed E-state index contributed by atoms with van der Waals surface area (Å²) in [6, 6.07) is -1.27. The molecule has 1 N–H and O–H groups in total. The molecule has 4 atom stereocenters. The Bertz CT molecular complexity index is 708. The van der Waals surface area contributed by atoms with Crippen molar-refractivity contribution in [1.82, 2.24) is 9.80 Å². The number of β-amino-alcohol motifs (C(OH)–C–C–N with tert-alkyl or cyclic N) is 1. The van der Waals surface area contributed by atoms with Gasteiger partial charge in [0.1, 0.15) is 23.3 Å². The lowest BCUT2D eigenvalue weighted by molar-refractivity contribution is -0.146. The Hall–Kier alpha value is -2.63. The number of alkyl halides is 1. The van der Waals surface area contributed by atoms with Crippen molar-refractivity contribution in [2.75, 3.05) is 34.5 Å². The average Bonchev–Trinajstić information content (AvgIpc) is 3.34. The van der Waals surface area contributed by atoms with Crippen molar-refractivity contribution in [1.29, 1.82) is 0 Å². The van der Waals surface area contributed by atoms with Crippen LogP contribution in [0.4, 0.5) is 14.0 Å². The average molecular weight is 524 g/mol. The van der Waals surface area contributed by atoms with Gasteiger partial charge in [-0.25, -0.2) is 19.2 Å². The van der Waals surface area contributed by atoms with Crippen molar-refractivity contribution in [3.8, 4) is 0 Å². The zero-order valence-electron chi connectivity index (χ0n) is 23.8. The summed E-state index contributed by atoms with van der Waals surface area (Å²) in [7, 11) is 1.58. The summed E-state index contributed by atoms with van der Waals surface area (Å²) in [6.45, 7) is 13.3. The van der Waals surface area contributed by atoms with Gasteiger partial charge in [-0.1, -0.05) is 6.92 Å². The van der Waals surface area contributed by atoms with Crippen LogP contribution >= 0.6 is 0 Å². The molecule has 2 saturated heterocycles. The van der Waals surface area contributed by atoms with Gasteiger partial charge in [-0.15, -0.1) is 0 Å². The quantitative estimate of drug-likeness (QED) is 0.428. The zero-order chi connectivity index (χ0) is 29.1. The van der Waals surface area contributed by atoms with Crippen LogP contribution in [0, 0.1) is 5.92 Å². The van der Waals surface area contributed by atoms with E-state index < -0.39 is 54.7 Å². The Morgan fingerprint density at radius 2 is 1.19 bits per heavy atom. The second-order valence-electron chi connectivity index (χ2n) is 10.6. The van der Waals surface area contributed by atoms with Crippen molar-refractivity contribution in [3.63, 3.8) is 0 Å². The van der Waals surface area contributed by atoms with E-state index in [4.69, 9.17) is 15.6 Å². The molecule has 0 aliphatic carbocycles. The molecule has 12 heteroatoms. The van der Waals surface area contributed by atoms with Crippen LogP contribution in [0.2, 0.25) is 0 Å².